The van der Waals surface area contributed by atoms with Gasteiger partial charge in [0.15, 0.2) is 5.96 Å². The lowest BCUT2D eigenvalue weighted by molar-refractivity contribution is -0.142. The van der Waals surface area contributed by atoms with Crippen LogP contribution in [0.3, 0.4) is 0 Å². The van der Waals surface area contributed by atoms with Gasteiger partial charge in [-0.3, -0.25) is 48.1 Å². The fraction of sp³-hybridized carbons (Fsp3) is 0.667. The molecular weight excluding hydrogens is 786 g/mol. The predicted octanol–water partition coefficient (Wildman–Crippen LogP) is -7.61. The number of guanidine groups is 1. The molecule has 0 saturated carbocycles. The Morgan fingerprint density at radius 1 is 0.678 bits per heavy atom. The summed E-state index contributed by atoms with van der Waals surface area (Å²) in [5, 5.41) is 47.2. The van der Waals surface area contributed by atoms with E-state index in [0.717, 1.165) is 0 Å². The van der Waals surface area contributed by atoms with Crippen LogP contribution in [0.4, 0.5) is 0 Å². The van der Waals surface area contributed by atoms with Gasteiger partial charge in [-0.1, -0.05) is 0 Å². The smallest absolute Gasteiger partial charge is 0.326 e. The molecule has 1 rings (SSSR count). The van der Waals surface area contributed by atoms with Crippen molar-refractivity contribution in [1.29, 1.82) is 0 Å². The van der Waals surface area contributed by atoms with Crippen molar-refractivity contribution < 1.29 is 63.3 Å². The highest BCUT2D eigenvalue weighted by Gasteiger charge is 2.33. The summed E-state index contributed by atoms with van der Waals surface area (Å²) in [5.74, 6) is -10.5. The van der Waals surface area contributed by atoms with Gasteiger partial charge in [0.25, 0.3) is 0 Å². The number of nitrogens with one attached hydrogen (secondary N) is 8. The zero-order valence-electron chi connectivity index (χ0n) is 32.5. The number of nitrogens with two attached hydrogens (primary N) is 4. The minimum atomic E-state index is -1.75. The van der Waals surface area contributed by atoms with Crippen LogP contribution < -0.4 is 65.5 Å². The maximum Gasteiger partial charge on any atom is 0.326 e. The van der Waals surface area contributed by atoms with Crippen molar-refractivity contribution in [2.45, 2.75) is 100 Å². The van der Waals surface area contributed by atoms with E-state index in [2.05, 4.69) is 47.5 Å². The average molecular weight is 844 g/mol. The highest BCUT2D eigenvalue weighted by Crippen LogP contribution is 2.07. The Bertz CT molecular complexity index is 1520. The van der Waals surface area contributed by atoms with Crippen LogP contribution in [0.15, 0.2) is 4.99 Å². The molecule has 332 valence electrons. The number of carboxylic acid groups (broad SMARTS) is 2. The third-order valence-electron chi connectivity index (χ3n) is 8.53. The molecule has 0 radical (unpaired) electrons. The van der Waals surface area contributed by atoms with Crippen molar-refractivity contribution >= 4 is 65.2 Å². The van der Waals surface area contributed by atoms with E-state index in [0.29, 0.717) is 32.2 Å². The van der Waals surface area contributed by atoms with E-state index in [4.69, 9.17) is 22.9 Å². The molecule has 0 aromatic heterocycles. The quantitative estimate of drug-likeness (QED) is 0.0189. The molecular formula is C33H57N13O13. The molecule has 8 amide bonds. The number of aliphatic imine (C=N–C) groups is 1. The van der Waals surface area contributed by atoms with Gasteiger partial charge in [0, 0.05) is 13.0 Å². The first-order chi connectivity index (χ1) is 27.9. The van der Waals surface area contributed by atoms with Crippen LogP contribution >= 0.6 is 0 Å². The zero-order chi connectivity index (χ0) is 44.5. The number of hydrogen-bond acceptors (Lipinski definition) is 14. The SMILES string of the molecule is NCCCC[C@H](NC(=O)CNC(=O)[C@H](CCC(=O)O)NC(=O)[C@@H](CC(N)=O)NC(=O)[C@H](CO)NC(=O)[C@@H]1CCCN1)C(=O)NCC(=O)N[C@@H](CCCN=C(N)N)C(=O)O. The van der Waals surface area contributed by atoms with Gasteiger partial charge < -0.3 is 80.8 Å². The number of aliphatic carboxylic acids is 2. The molecule has 0 spiro atoms. The van der Waals surface area contributed by atoms with E-state index in [9.17, 15) is 63.3 Å². The summed E-state index contributed by atoms with van der Waals surface area (Å²) in [6.07, 6.45) is 0.227. The van der Waals surface area contributed by atoms with E-state index in [-0.39, 0.29) is 38.3 Å². The number of carboxylic acids is 2. The Morgan fingerprint density at radius 3 is 1.75 bits per heavy atom. The third-order valence-corrected chi connectivity index (χ3v) is 8.53. The lowest BCUT2D eigenvalue weighted by Crippen LogP contribution is -2.59. The van der Waals surface area contributed by atoms with Crippen LogP contribution in [-0.2, 0) is 47.9 Å². The van der Waals surface area contributed by atoms with E-state index in [1.165, 1.54) is 0 Å². The Kier molecular flexibility index (Phi) is 23.7. The Hall–Kier alpha value is -6.15. The van der Waals surface area contributed by atoms with Gasteiger partial charge in [0.1, 0.15) is 30.2 Å². The maximum absolute atomic E-state index is 13.3. The van der Waals surface area contributed by atoms with Gasteiger partial charge in [-0.15, -0.1) is 0 Å². The van der Waals surface area contributed by atoms with Crippen LogP contribution in [-0.4, -0.2) is 156 Å². The second-order valence-corrected chi connectivity index (χ2v) is 13.4. The van der Waals surface area contributed by atoms with Crippen LogP contribution in [0.2, 0.25) is 0 Å². The number of unbranched alkanes of at least 4 members (excludes halogenated alkanes) is 1. The van der Waals surface area contributed by atoms with Crippen molar-refractivity contribution in [3.05, 3.63) is 0 Å². The monoisotopic (exact) mass is 843 g/mol. The zero-order valence-corrected chi connectivity index (χ0v) is 32.5. The average Bonchev–Trinajstić information content (AvgIpc) is 3.72. The van der Waals surface area contributed by atoms with Crippen molar-refractivity contribution in [1.82, 2.24) is 42.5 Å². The molecule has 1 aliphatic rings. The summed E-state index contributed by atoms with van der Waals surface area (Å²) < 4.78 is 0. The number of carbonyl (C=O) groups excluding carboxylic acids is 8. The summed E-state index contributed by atoms with van der Waals surface area (Å²) in [5.41, 5.74) is 21.3. The van der Waals surface area contributed by atoms with Crippen molar-refractivity contribution in [3.63, 3.8) is 0 Å². The van der Waals surface area contributed by atoms with Crippen LogP contribution in [0, 0.1) is 0 Å². The Morgan fingerprint density at radius 2 is 1.24 bits per heavy atom. The summed E-state index contributed by atoms with van der Waals surface area (Å²) in [4.78, 5) is 129. The van der Waals surface area contributed by atoms with Crippen LogP contribution in [0.5, 0.6) is 0 Å². The molecule has 0 unspecified atom stereocenters. The molecule has 1 aliphatic heterocycles. The van der Waals surface area contributed by atoms with Gasteiger partial charge in [0.05, 0.1) is 32.2 Å². The summed E-state index contributed by atoms with van der Waals surface area (Å²) >= 11 is 0. The summed E-state index contributed by atoms with van der Waals surface area (Å²) in [6, 6.07) is -8.12. The lowest BCUT2D eigenvalue weighted by atomic mass is 10.1. The van der Waals surface area contributed by atoms with Gasteiger partial charge in [-0.05, 0) is 64.5 Å². The van der Waals surface area contributed by atoms with Gasteiger partial charge in [-0.25, -0.2) is 4.79 Å². The standard InChI is InChI=1S/C33H57N13O13/c34-10-2-1-5-18(27(53)40-15-25(50)43-20(32(58)59)7-4-12-39-33(36)37)42-24(49)14-41-28(54)19(8-9-26(51)52)44-30(56)21(13-23(35)48)45-31(57)22(16-47)46-29(55)17-6-3-11-38-17/h17-22,38,47H,1-16,34H2,(H2,35,48)(H,40,53)(H,41,54)(H,42,49)(H,43,50)(H,44,56)(H,45,57)(H,46,55)(H,51,52)(H,58,59)(H4,36,37,39)/t17-,18-,19-,20-,21+,22-/m0/s1. The molecule has 0 aromatic rings. The number of aliphatic hydroxyl groups excluding tert-OH is 1. The molecule has 0 aliphatic carbocycles. The molecule has 26 heteroatoms. The molecule has 6 atom stereocenters. The molecule has 1 fully saturated rings. The molecule has 26 nitrogen and oxygen atoms in total. The first-order valence-corrected chi connectivity index (χ1v) is 18.8. The molecule has 0 bridgehead atoms. The van der Waals surface area contributed by atoms with E-state index < -0.39 is 134 Å². The molecule has 19 N–H and O–H groups in total. The van der Waals surface area contributed by atoms with E-state index in [1.54, 1.807) is 0 Å². The third kappa shape index (κ3) is 21.3. The molecule has 1 saturated heterocycles. The van der Waals surface area contributed by atoms with Crippen LogP contribution in [0.1, 0.15) is 64.2 Å². The van der Waals surface area contributed by atoms with E-state index >= 15 is 0 Å². The topological polar surface area (TPSA) is 444 Å². The second kappa shape index (κ2) is 27.5. The number of aliphatic hydroxyl groups is 1. The maximum atomic E-state index is 13.3. The van der Waals surface area contributed by atoms with Crippen molar-refractivity contribution in [2.75, 3.05) is 39.3 Å². The Balaban J connectivity index is 2.94. The van der Waals surface area contributed by atoms with Gasteiger partial charge >= 0.3 is 11.9 Å². The molecule has 59 heavy (non-hydrogen) atoms. The number of carbonyl (C=O) groups is 10. The van der Waals surface area contributed by atoms with Crippen molar-refractivity contribution in [3.8, 4) is 0 Å². The van der Waals surface area contributed by atoms with E-state index in [1.807, 2.05) is 0 Å². The number of amides is 8. The highest BCUT2D eigenvalue weighted by atomic mass is 16.4. The minimum Gasteiger partial charge on any atom is -0.481 e. The number of nitrogens with zero attached hydrogens (tertiary/aromatic N) is 1. The van der Waals surface area contributed by atoms with Gasteiger partial charge in [-0.2, -0.15) is 0 Å². The molecule has 0 aromatic carbocycles. The largest absolute Gasteiger partial charge is 0.481 e. The number of rotatable bonds is 29. The fourth-order valence-electron chi connectivity index (χ4n) is 5.46. The summed E-state index contributed by atoms with van der Waals surface area (Å²) in [7, 11) is 0. The first-order valence-electron chi connectivity index (χ1n) is 18.8. The van der Waals surface area contributed by atoms with Crippen molar-refractivity contribution in [2.24, 2.45) is 27.9 Å². The molecule has 1 heterocycles. The lowest BCUT2D eigenvalue weighted by Gasteiger charge is -2.24. The number of hydrogen-bond donors (Lipinski definition) is 15. The first kappa shape index (κ1) is 50.9. The minimum absolute atomic E-state index is 0.0227. The fourth-order valence-corrected chi connectivity index (χ4v) is 5.46. The second-order valence-electron chi connectivity index (χ2n) is 13.4. The summed E-state index contributed by atoms with van der Waals surface area (Å²) in [6.45, 7) is -1.41. The highest BCUT2D eigenvalue weighted by molar-refractivity contribution is 5.98. The van der Waals surface area contributed by atoms with Gasteiger partial charge in [0.2, 0.25) is 47.3 Å². The number of primary amides is 1. The van der Waals surface area contributed by atoms with Crippen LogP contribution in [0.25, 0.3) is 0 Å². The normalized spacial score (nSPS) is 15.7. The Labute approximate surface area is 338 Å². The predicted molar refractivity (Wildman–Crippen MR) is 205 cm³/mol.